The molecule has 0 saturated carbocycles. The molecule has 0 spiro atoms. The predicted molar refractivity (Wildman–Crippen MR) is 293 cm³/mol. The molecule has 9 rings (SSSR count). The minimum absolute atomic E-state index is 0.0192. The van der Waals surface area contributed by atoms with Crippen molar-refractivity contribution < 1.29 is 153 Å². The summed E-state index contributed by atoms with van der Waals surface area (Å²) in [5, 5.41) is 170. The van der Waals surface area contributed by atoms with Crippen LogP contribution in [0.1, 0.15) is 16.7 Å². The Hall–Kier alpha value is -7.64. The lowest BCUT2D eigenvalue weighted by molar-refractivity contribution is -0.351. The highest BCUT2D eigenvalue weighted by molar-refractivity contribution is 5.88. The Bertz CT molecular complexity index is 3150. The molecule has 1 aliphatic carbocycles. The number of hydrogen-bond donors (Lipinski definition) is 16. The summed E-state index contributed by atoms with van der Waals surface area (Å²) in [5.74, 6) is -5.25. The van der Waals surface area contributed by atoms with Gasteiger partial charge in [-0.25, -0.2) is 9.59 Å². The first-order valence-electron chi connectivity index (χ1n) is 27.3. The Morgan fingerprint density at radius 2 is 1.18 bits per heavy atom. The number of allylic oxidation sites excluding steroid dienone is 2. The largest absolute Gasteiger partial charge is 0.508 e. The van der Waals surface area contributed by atoms with Crippen molar-refractivity contribution >= 4 is 29.8 Å². The second kappa shape index (κ2) is 28.5. The summed E-state index contributed by atoms with van der Waals surface area (Å²) >= 11 is 0. The second-order valence-corrected chi connectivity index (χ2v) is 20.8. The van der Waals surface area contributed by atoms with E-state index in [-0.39, 0.29) is 51.2 Å². The number of benzene rings is 3. The van der Waals surface area contributed by atoms with Gasteiger partial charge in [0.1, 0.15) is 109 Å². The number of hydrogen-bond acceptors (Lipinski definition) is 31. The van der Waals surface area contributed by atoms with Crippen LogP contribution in [0.4, 0.5) is 0 Å². The van der Waals surface area contributed by atoms with Crippen molar-refractivity contribution in [3.63, 3.8) is 0 Å². The number of aliphatic hydroxyl groups excluding tert-OH is 13. The van der Waals surface area contributed by atoms with Crippen LogP contribution in [0.3, 0.4) is 0 Å². The number of fused-ring (bicyclic) bond motifs is 1. The van der Waals surface area contributed by atoms with Crippen molar-refractivity contribution in [3.05, 3.63) is 125 Å². The zero-order chi connectivity index (χ0) is 64.1. The maximum absolute atomic E-state index is 13.5. The molecule has 20 atom stereocenters. The fourth-order valence-electron chi connectivity index (χ4n) is 9.90. The monoisotopic (exact) mass is 1260 g/mol. The molecule has 0 radical (unpaired) electrons. The molecular weight excluding hydrogens is 1190 g/mol. The number of esters is 2. The fourth-order valence-corrected chi connectivity index (χ4v) is 9.90. The summed E-state index contributed by atoms with van der Waals surface area (Å²) in [7, 11) is 2.56. The van der Waals surface area contributed by atoms with Gasteiger partial charge in [0, 0.05) is 35.4 Å². The van der Waals surface area contributed by atoms with Crippen molar-refractivity contribution in [2.24, 2.45) is 0 Å². The zero-order valence-electron chi connectivity index (χ0n) is 46.9. The third-order valence-electron chi connectivity index (χ3n) is 14.8. The van der Waals surface area contributed by atoms with Gasteiger partial charge in [-0.2, -0.15) is 0 Å². The van der Waals surface area contributed by atoms with Crippen LogP contribution in [0.15, 0.2) is 108 Å². The van der Waals surface area contributed by atoms with Gasteiger partial charge in [0.05, 0.1) is 34.0 Å². The summed E-state index contributed by atoms with van der Waals surface area (Å²) in [5.41, 5.74) is 0.557. The maximum atomic E-state index is 13.5. The predicted octanol–water partition coefficient (Wildman–Crippen LogP) is -3.04. The van der Waals surface area contributed by atoms with Crippen LogP contribution in [0.2, 0.25) is 0 Å². The molecule has 16 N–H and O–H groups in total. The number of carbonyl (C=O) groups is 2. The van der Waals surface area contributed by atoms with E-state index in [2.05, 4.69) is 0 Å². The molecule has 6 aliphatic rings. The van der Waals surface area contributed by atoms with Gasteiger partial charge >= 0.3 is 11.9 Å². The Balaban J connectivity index is 1.01. The van der Waals surface area contributed by atoms with Crippen LogP contribution in [0, 0.1) is 0 Å². The molecule has 5 heterocycles. The lowest BCUT2D eigenvalue weighted by Crippen LogP contribution is -2.63. The minimum atomic E-state index is -2.17. The Kier molecular flexibility index (Phi) is 21.0. The van der Waals surface area contributed by atoms with Gasteiger partial charge in [0.2, 0.25) is 24.6 Å². The van der Waals surface area contributed by atoms with Crippen LogP contribution in [0.25, 0.3) is 17.9 Å². The number of carbonyl (C=O) groups excluding carboxylic acids is 2. The van der Waals surface area contributed by atoms with Gasteiger partial charge in [-0.1, -0.05) is 12.1 Å². The van der Waals surface area contributed by atoms with Gasteiger partial charge in [0.25, 0.3) is 0 Å². The molecule has 0 bridgehead atoms. The molecule has 4 saturated heterocycles. The smallest absolute Gasteiger partial charge is 0.331 e. The average Bonchev–Trinajstić information content (AvgIpc) is 2.84. The topological polar surface area (TPSA) is 478 Å². The third kappa shape index (κ3) is 14.7. The Labute approximate surface area is 503 Å². The molecule has 31 heteroatoms. The summed E-state index contributed by atoms with van der Waals surface area (Å²) in [6.45, 7) is -3.02. The molecular formula is C58H66O31. The standard InChI is InChI=1S/C58H66O31/c1-77-34-13-24(14-35(78-2)43(34)68)6-12-41(66)88-53-42(67)31(64)21-80-57(53)89-54-49(74)46(71)39(22-79-40(65)11-5-23-3-8-27(9-4-23)81-55-50(75)47(72)44(69)37(19-59)85-55)87-58(54)84-36-18-28-32(82-52(36)25-7-10-29(62)30(63)15-25)16-26(61)17-33(28)83-56-51(76)48(73)45(70)38(20-60)86-56/h3-18,31-32,37-39,42,44-51,53-64,67-76H,19-22H2,1-2H3. The quantitative estimate of drug-likeness (QED) is 0.0304. The van der Waals surface area contributed by atoms with Crippen LogP contribution in [-0.4, -0.2) is 257 Å². The first kappa shape index (κ1) is 65.8. The van der Waals surface area contributed by atoms with Gasteiger partial charge < -0.3 is 143 Å². The number of methoxy groups -OCH3 is 2. The molecule has 89 heavy (non-hydrogen) atoms. The van der Waals surface area contributed by atoms with E-state index in [0.29, 0.717) is 5.56 Å². The molecule has 0 amide bonds. The third-order valence-corrected chi connectivity index (χ3v) is 14.8. The first-order chi connectivity index (χ1) is 42.5. The van der Waals surface area contributed by atoms with Crippen molar-refractivity contribution in [2.75, 3.05) is 40.6 Å². The molecule has 5 aliphatic heterocycles. The van der Waals surface area contributed by atoms with Gasteiger partial charge in [-0.05, 0) is 71.8 Å². The zero-order valence-corrected chi connectivity index (χ0v) is 46.9. The van der Waals surface area contributed by atoms with E-state index in [1.54, 1.807) is 0 Å². The van der Waals surface area contributed by atoms with Crippen LogP contribution in [0.5, 0.6) is 34.5 Å². The fraction of sp³-hybridized carbons (Fsp3) is 0.448. The highest BCUT2D eigenvalue weighted by atomic mass is 16.8. The van der Waals surface area contributed by atoms with Crippen molar-refractivity contribution in [3.8, 4) is 34.5 Å². The summed E-state index contributed by atoms with van der Waals surface area (Å²) < 4.78 is 74.9. The highest BCUT2D eigenvalue weighted by Gasteiger charge is 2.53. The van der Waals surface area contributed by atoms with Crippen molar-refractivity contribution in [2.45, 2.75) is 123 Å². The van der Waals surface area contributed by atoms with E-state index in [9.17, 15) is 91.3 Å². The maximum Gasteiger partial charge on any atom is 0.331 e. The normalized spacial score (nSPS) is 33.9. The number of phenolic OH excluding ortho intramolecular Hbond substituents is 3. The minimum Gasteiger partial charge on any atom is -0.508 e. The van der Waals surface area contributed by atoms with Gasteiger partial charge in [0.15, 0.2) is 53.0 Å². The van der Waals surface area contributed by atoms with E-state index in [4.69, 9.17) is 61.6 Å². The van der Waals surface area contributed by atoms with E-state index in [0.717, 1.165) is 30.4 Å². The summed E-state index contributed by atoms with van der Waals surface area (Å²) in [4.78, 5) is 26.8. The van der Waals surface area contributed by atoms with Crippen molar-refractivity contribution in [1.29, 1.82) is 0 Å². The van der Waals surface area contributed by atoms with E-state index < -0.39 is 184 Å². The molecule has 0 aromatic heterocycles. The second-order valence-electron chi connectivity index (χ2n) is 20.8. The van der Waals surface area contributed by atoms with E-state index in [1.165, 1.54) is 81.0 Å². The number of ether oxygens (including phenoxy) is 13. The Morgan fingerprint density at radius 3 is 1.80 bits per heavy atom. The average molecular weight is 1260 g/mol. The highest BCUT2D eigenvalue weighted by Crippen LogP contribution is 2.43. The van der Waals surface area contributed by atoms with E-state index in [1.807, 2.05) is 0 Å². The van der Waals surface area contributed by atoms with Crippen LogP contribution < -0.4 is 14.2 Å². The number of aliphatic hydroxyl groups is 13. The SMILES string of the molecule is COc1cc(C=CC(=O)OC2C(OC3C(OC4=C(c5ccc(O)c(O)c5)OC5C=C(O)C=C(OC6OC(CO)C(O)C(O)C6O)C5=C4)OC(COC(=O)C=Cc4ccc(OC5OC(CO)C(O)C(O)C5O)cc4)C(O)C3O)OCC(O)C2O)cc(OC)c1O. The number of phenols is 3. The van der Waals surface area contributed by atoms with Crippen LogP contribution in [-0.2, 0) is 57.0 Å². The molecule has 4 fully saturated rings. The lowest BCUT2D eigenvalue weighted by Gasteiger charge is -2.45. The number of aromatic hydroxyl groups is 3. The molecule has 3 aromatic rings. The van der Waals surface area contributed by atoms with Gasteiger partial charge in [-0.15, -0.1) is 0 Å². The van der Waals surface area contributed by atoms with Gasteiger partial charge in [-0.3, -0.25) is 0 Å². The summed E-state index contributed by atoms with van der Waals surface area (Å²) in [6, 6.07) is 11.9. The summed E-state index contributed by atoms with van der Waals surface area (Å²) in [6.07, 6.45) is -27.7. The van der Waals surface area contributed by atoms with Crippen molar-refractivity contribution in [1.82, 2.24) is 0 Å². The van der Waals surface area contributed by atoms with E-state index >= 15 is 0 Å². The molecule has 3 aromatic carbocycles. The Morgan fingerprint density at radius 1 is 0.584 bits per heavy atom. The lowest BCUT2D eigenvalue weighted by atomic mass is 9.96. The molecule has 20 unspecified atom stereocenters. The molecule has 484 valence electrons. The number of rotatable bonds is 20. The molecule has 31 nitrogen and oxygen atoms in total. The first-order valence-corrected chi connectivity index (χ1v) is 27.3. The van der Waals surface area contributed by atoms with Crippen LogP contribution >= 0.6 is 0 Å².